The molecular weight excluding hydrogens is 202 g/mol. The molecule has 0 unspecified atom stereocenters. The van der Waals surface area contributed by atoms with Gasteiger partial charge in [0, 0.05) is 18.6 Å². The van der Waals surface area contributed by atoms with Crippen molar-refractivity contribution in [3.05, 3.63) is 42.9 Å². The quantitative estimate of drug-likeness (QED) is 0.660. The summed E-state index contributed by atoms with van der Waals surface area (Å²) < 4.78 is 1.65. The molecule has 0 saturated heterocycles. The molecule has 0 aliphatic heterocycles. The summed E-state index contributed by atoms with van der Waals surface area (Å²) in [7, 11) is 0. The van der Waals surface area contributed by atoms with Crippen LogP contribution in [0.2, 0.25) is 0 Å². The summed E-state index contributed by atoms with van der Waals surface area (Å²) in [6, 6.07) is 7.81. The van der Waals surface area contributed by atoms with Crippen molar-refractivity contribution in [1.29, 1.82) is 0 Å². The Bertz CT molecular complexity index is 629. The molecule has 78 valence electrons. The zero-order valence-corrected chi connectivity index (χ0v) is 8.41. The number of rotatable bonds is 1. The smallest absolute Gasteiger partial charge is 0.240 e. The SMILES string of the molecule is Nc1nc2cc(-c3ccncc3)ccn2n1. The fourth-order valence-electron chi connectivity index (χ4n) is 1.62. The Morgan fingerprint density at radius 1 is 1.06 bits per heavy atom. The Hall–Kier alpha value is -2.43. The molecule has 5 nitrogen and oxygen atoms in total. The Balaban J connectivity index is 2.18. The van der Waals surface area contributed by atoms with Crippen molar-refractivity contribution in [2.45, 2.75) is 0 Å². The number of nitrogens with two attached hydrogens (primary N) is 1. The lowest BCUT2D eigenvalue weighted by molar-refractivity contribution is 0.968. The Morgan fingerprint density at radius 3 is 2.69 bits per heavy atom. The van der Waals surface area contributed by atoms with Crippen molar-refractivity contribution in [2.75, 3.05) is 5.73 Å². The van der Waals surface area contributed by atoms with Crippen LogP contribution in [0.15, 0.2) is 42.9 Å². The second kappa shape index (κ2) is 3.30. The minimum atomic E-state index is 0.284. The standard InChI is InChI=1S/C11H9N5/c12-11-14-10-7-9(3-6-16(10)15-11)8-1-4-13-5-2-8/h1-7H,(H2,12,15). The lowest BCUT2D eigenvalue weighted by Gasteiger charge is -2.00. The van der Waals surface area contributed by atoms with Gasteiger partial charge in [-0.2, -0.15) is 4.98 Å². The maximum absolute atomic E-state index is 5.53. The van der Waals surface area contributed by atoms with E-state index in [2.05, 4.69) is 15.1 Å². The number of nitrogens with zero attached hydrogens (tertiary/aromatic N) is 4. The fraction of sp³-hybridized carbons (Fsp3) is 0. The normalized spacial score (nSPS) is 10.8. The highest BCUT2D eigenvalue weighted by Gasteiger charge is 2.02. The van der Waals surface area contributed by atoms with Crippen molar-refractivity contribution in [1.82, 2.24) is 19.6 Å². The van der Waals surface area contributed by atoms with E-state index in [1.54, 1.807) is 16.9 Å². The summed E-state index contributed by atoms with van der Waals surface area (Å²) in [5.41, 5.74) is 8.44. The van der Waals surface area contributed by atoms with Crippen molar-refractivity contribution < 1.29 is 0 Å². The topological polar surface area (TPSA) is 69.1 Å². The first-order valence-electron chi connectivity index (χ1n) is 4.85. The minimum absolute atomic E-state index is 0.284. The van der Waals surface area contributed by atoms with Gasteiger partial charge in [-0.1, -0.05) is 0 Å². The summed E-state index contributed by atoms with van der Waals surface area (Å²) in [5.74, 6) is 0.284. The van der Waals surface area contributed by atoms with E-state index >= 15 is 0 Å². The lowest BCUT2D eigenvalue weighted by Crippen LogP contribution is -1.89. The van der Waals surface area contributed by atoms with Crippen LogP contribution >= 0.6 is 0 Å². The first-order valence-corrected chi connectivity index (χ1v) is 4.85. The third kappa shape index (κ3) is 1.38. The highest BCUT2D eigenvalue weighted by molar-refractivity contribution is 5.66. The van der Waals surface area contributed by atoms with Gasteiger partial charge in [-0.3, -0.25) is 4.98 Å². The molecule has 0 aliphatic rings. The highest BCUT2D eigenvalue weighted by atomic mass is 15.3. The second-order valence-corrected chi connectivity index (χ2v) is 3.42. The fourth-order valence-corrected chi connectivity index (χ4v) is 1.62. The van der Waals surface area contributed by atoms with E-state index in [0.29, 0.717) is 0 Å². The summed E-state index contributed by atoms with van der Waals surface area (Å²) in [6.07, 6.45) is 5.36. The van der Waals surface area contributed by atoms with Crippen molar-refractivity contribution in [2.24, 2.45) is 0 Å². The van der Waals surface area contributed by atoms with Gasteiger partial charge in [-0.15, -0.1) is 5.10 Å². The molecule has 3 rings (SSSR count). The molecule has 0 amide bonds. The monoisotopic (exact) mass is 211 g/mol. The van der Waals surface area contributed by atoms with Gasteiger partial charge in [0.1, 0.15) is 0 Å². The molecule has 3 aromatic heterocycles. The van der Waals surface area contributed by atoms with Crippen LogP contribution in [0.25, 0.3) is 16.8 Å². The van der Waals surface area contributed by atoms with Gasteiger partial charge in [0.05, 0.1) is 0 Å². The van der Waals surface area contributed by atoms with Gasteiger partial charge >= 0.3 is 0 Å². The Labute approximate surface area is 91.6 Å². The molecule has 0 atom stereocenters. The number of aromatic nitrogens is 4. The summed E-state index contributed by atoms with van der Waals surface area (Å²) in [5, 5.41) is 4.02. The molecule has 5 heteroatoms. The average molecular weight is 211 g/mol. The molecule has 0 aromatic carbocycles. The number of hydrogen-bond donors (Lipinski definition) is 1. The second-order valence-electron chi connectivity index (χ2n) is 3.42. The number of pyridine rings is 2. The third-order valence-electron chi connectivity index (χ3n) is 2.37. The molecule has 0 fully saturated rings. The molecule has 3 aromatic rings. The molecule has 3 heterocycles. The van der Waals surface area contributed by atoms with Crippen LogP contribution in [0.4, 0.5) is 5.95 Å². The minimum Gasteiger partial charge on any atom is -0.366 e. The zero-order chi connectivity index (χ0) is 11.0. The van der Waals surface area contributed by atoms with Crippen LogP contribution in [-0.2, 0) is 0 Å². The van der Waals surface area contributed by atoms with E-state index in [9.17, 15) is 0 Å². The number of nitrogen functional groups attached to an aromatic ring is 1. The van der Waals surface area contributed by atoms with E-state index in [1.807, 2.05) is 30.5 Å². The van der Waals surface area contributed by atoms with Crippen molar-refractivity contribution in [3.8, 4) is 11.1 Å². The van der Waals surface area contributed by atoms with Crippen molar-refractivity contribution >= 4 is 11.6 Å². The van der Waals surface area contributed by atoms with E-state index in [0.717, 1.165) is 16.8 Å². The number of hydrogen-bond acceptors (Lipinski definition) is 4. The molecule has 2 N–H and O–H groups in total. The van der Waals surface area contributed by atoms with E-state index < -0.39 is 0 Å². The van der Waals surface area contributed by atoms with Gasteiger partial charge in [-0.05, 0) is 35.4 Å². The van der Waals surface area contributed by atoms with Gasteiger partial charge in [0.2, 0.25) is 5.95 Å². The predicted octanol–water partition coefficient (Wildman–Crippen LogP) is 1.37. The maximum atomic E-state index is 5.53. The predicted molar refractivity (Wildman–Crippen MR) is 60.6 cm³/mol. The van der Waals surface area contributed by atoms with Crippen LogP contribution < -0.4 is 5.73 Å². The molecule has 0 saturated carbocycles. The van der Waals surface area contributed by atoms with Gasteiger partial charge in [-0.25, -0.2) is 4.52 Å². The first-order chi connectivity index (χ1) is 7.83. The van der Waals surface area contributed by atoms with E-state index in [-0.39, 0.29) is 5.95 Å². The third-order valence-corrected chi connectivity index (χ3v) is 2.37. The summed E-state index contributed by atoms with van der Waals surface area (Å²) in [6.45, 7) is 0. The lowest BCUT2D eigenvalue weighted by atomic mass is 10.1. The van der Waals surface area contributed by atoms with Crippen molar-refractivity contribution in [3.63, 3.8) is 0 Å². The Morgan fingerprint density at radius 2 is 1.88 bits per heavy atom. The van der Waals surface area contributed by atoms with Crippen LogP contribution in [0.1, 0.15) is 0 Å². The molecule has 0 radical (unpaired) electrons. The average Bonchev–Trinajstić information content (AvgIpc) is 2.69. The van der Waals surface area contributed by atoms with E-state index in [1.165, 1.54) is 0 Å². The zero-order valence-electron chi connectivity index (χ0n) is 8.41. The maximum Gasteiger partial charge on any atom is 0.240 e. The van der Waals surface area contributed by atoms with E-state index in [4.69, 9.17) is 5.73 Å². The Kier molecular flexibility index (Phi) is 1.83. The van der Waals surface area contributed by atoms with Gasteiger partial charge in [0.15, 0.2) is 5.65 Å². The molecule has 0 bridgehead atoms. The first kappa shape index (κ1) is 8.84. The van der Waals surface area contributed by atoms with Crippen LogP contribution in [-0.4, -0.2) is 19.6 Å². The van der Waals surface area contributed by atoms with Gasteiger partial charge < -0.3 is 5.73 Å². The highest BCUT2D eigenvalue weighted by Crippen LogP contribution is 2.19. The van der Waals surface area contributed by atoms with Gasteiger partial charge in [0.25, 0.3) is 0 Å². The van der Waals surface area contributed by atoms with Crippen LogP contribution in [0.3, 0.4) is 0 Å². The number of fused-ring (bicyclic) bond motifs is 1. The largest absolute Gasteiger partial charge is 0.366 e. The molecular formula is C11H9N5. The molecule has 0 spiro atoms. The summed E-state index contributed by atoms with van der Waals surface area (Å²) in [4.78, 5) is 8.10. The van der Waals surface area contributed by atoms with Crippen LogP contribution in [0.5, 0.6) is 0 Å². The molecule has 16 heavy (non-hydrogen) atoms. The summed E-state index contributed by atoms with van der Waals surface area (Å²) >= 11 is 0. The van der Waals surface area contributed by atoms with Crippen LogP contribution in [0, 0.1) is 0 Å². The molecule has 0 aliphatic carbocycles. The number of anilines is 1.